The number of nitrogens with two attached hydrogens (primary N) is 1. The lowest BCUT2D eigenvalue weighted by atomic mass is 10.1. The number of hydrogen-bond acceptors (Lipinski definition) is 1. The van der Waals surface area contributed by atoms with Crippen LogP contribution in [0.4, 0.5) is 5.69 Å². The molecule has 0 saturated heterocycles. The summed E-state index contributed by atoms with van der Waals surface area (Å²) in [5, 5.41) is 0. The molecule has 0 unspecified atom stereocenters. The van der Waals surface area contributed by atoms with Crippen molar-refractivity contribution in [2.24, 2.45) is 16.6 Å². The maximum Gasteiger partial charge on any atom is 0.103 e. The van der Waals surface area contributed by atoms with Crippen LogP contribution in [0.5, 0.6) is 0 Å². The Hall–Kier alpha value is -1.31. The fourth-order valence-corrected chi connectivity index (χ4v) is 2.38. The van der Waals surface area contributed by atoms with Gasteiger partial charge in [0.05, 0.1) is 5.69 Å². The largest absolute Gasteiger partial charge is 0.387 e. The van der Waals surface area contributed by atoms with E-state index in [0.717, 1.165) is 11.5 Å². The van der Waals surface area contributed by atoms with Crippen LogP contribution in [0.15, 0.2) is 23.2 Å². The van der Waals surface area contributed by atoms with E-state index in [2.05, 4.69) is 37.0 Å². The summed E-state index contributed by atoms with van der Waals surface area (Å²) in [7, 11) is 0. The standard InChI is InChI=1S/C14H20N2/c1-10-7-8-13(11(2)9-10)16-14(15)12-5-3-4-6-12/h7-9,12H,3-6H2,1-2H3,(H2,15,16). The first-order valence-electron chi connectivity index (χ1n) is 6.08. The molecule has 86 valence electrons. The SMILES string of the molecule is Cc1ccc(N=C(N)C2CCCC2)c(C)c1. The van der Waals surface area contributed by atoms with E-state index in [1.807, 2.05) is 0 Å². The fourth-order valence-electron chi connectivity index (χ4n) is 2.38. The van der Waals surface area contributed by atoms with Crippen LogP contribution in [0.1, 0.15) is 36.8 Å². The Kier molecular flexibility index (Phi) is 3.28. The Morgan fingerprint density at radius 2 is 1.94 bits per heavy atom. The molecule has 0 aromatic heterocycles. The first-order chi connectivity index (χ1) is 7.66. The average molecular weight is 216 g/mol. The number of benzene rings is 1. The summed E-state index contributed by atoms with van der Waals surface area (Å²) in [6, 6.07) is 6.31. The molecule has 16 heavy (non-hydrogen) atoms. The molecule has 1 aliphatic rings. The van der Waals surface area contributed by atoms with E-state index in [-0.39, 0.29) is 0 Å². The molecule has 1 fully saturated rings. The van der Waals surface area contributed by atoms with Gasteiger partial charge < -0.3 is 5.73 Å². The van der Waals surface area contributed by atoms with E-state index in [0.29, 0.717) is 5.92 Å². The van der Waals surface area contributed by atoms with Crippen LogP contribution in [0, 0.1) is 19.8 Å². The van der Waals surface area contributed by atoms with Gasteiger partial charge in [0.15, 0.2) is 0 Å². The fraction of sp³-hybridized carbons (Fsp3) is 0.500. The number of hydrogen-bond donors (Lipinski definition) is 1. The summed E-state index contributed by atoms with van der Waals surface area (Å²) < 4.78 is 0. The van der Waals surface area contributed by atoms with Gasteiger partial charge in [0.1, 0.15) is 5.84 Å². The van der Waals surface area contributed by atoms with E-state index in [1.54, 1.807) is 0 Å². The summed E-state index contributed by atoms with van der Waals surface area (Å²) in [6.07, 6.45) is 5.02. The highest BCUT2D eigenvalue weighted by Crippen LogP contribution is 2.27. The van der Waals surface area contributed by atoms with Crippen molar-refractivity contribution >= 4 is 11.5 Å². The molecule has 2 N–H and O–H groups in total. The summed E-state index contributed by atoms with van der Waals surface area (Å²) in [5.41, 5.74) is 9.57. The minimum Gasteiger partial charge on any atom is -0.387 e. The third-order valence-corrected chi connectivity index (χ3v) is 3.38. The lowest BCUT2D eigenvalue weighted by molar-refractivity contribution is 0.722. The van der Waals surface area contributed by atoms with Crippen molar-refractivity contribution in [3.05, 3.63) is 29.3 Å². The Bertz CT molecular complexity index is 401. The van der Waals surface area contributed by atoms with Crippen molar-refractivity contribution in [2.75, 3.05) is 0 Å². The van der Waals surface area contributed by atoms with E-state index in [4.69, 9.17) is 5.73 Å². The highest BCUT2D eigenvalue weighted by Gasteiger charge is 2.18. The first-order valence-corrected chi connectivity index (χ1v) is 6.08. The number of nitrogens with zero attached hydrogens (tertiary/aromatic N) is 1. The number of amidine groups is 1. The maximum atomic E-state index is 6.07. The van der Waals surface area contributed by atoms with Gasteiger partial charge in [-0.05, 0) is 38.3 Å². The second-order valence-electron chi connectivity index (χ2n) is 4.81. The minimum absolute atomic E-state index is 0.515. The van der Waals surface area contributed by atoms with E-state index < -0.39 is 0 Å². The topological polar surface area (TPSA) is 38.4 Å². The van der Waals surface area contributed by atoms with Gasteiger partial charge in [-0.25, -0.2) is 4.99 Å². The van der Waals surface area contributed by atoms with Crippen LogP contribution in [0.3, 0.4) is 0 Å². The van der Waals surface area contributed by atoms with Crippen molar-refractivity contribution in [3.8, 4) is 0 Å². The lowest BCUT2D eigenvalue weighted by Crippen LogP contribution is -2.20. The van der Waals surface area contributed by atoms with Crippen LogP contribution in [-0.4, -0.2) is 5.84 Å². The smallest absolute Gasteiger partial charge is 0.103 e. The van der Waals surface area contributed by atoms with Crippen molar-refractivity contribution < 1.29 is 0 Å². The van der Waals surface area contributed by atoms with Crippen LogP contribution in [0.2, 0.25) is 0 Å². The second-order valence-corrected chi connectivity index (χ2v) is 4.81. The maximum absolute atomic E-state index is 6.07. The molecule has 0 heterocycles. The lowest BCUT2D eigenvalue weighted by Gasteiger charge is -2.09. The van der Waals surface area contributed by atoms with E-state index in [9.17, 15) is 0 Å². The molecular weight excluding hydrogens is 196 g/mol. The first kappa shape index (κ1) is 11.2. The van der Waals surface area contributed by atoms with Gasteiger partial charge in [-0.15, -0.1) is 0 Å². The van der Waals surface area contributed by atoms with E-state index in [1.165, 1.54) is 36.8 Å². The minimum atomic E-state index is 0.515. The highest BCUT2D eigenvalue weighted by molar-refractivity contribution is 5.86. The molecule has 0 radical (unpaired) electrons. The summed E-state index contributed by atoms with van der Waals surface area (Å²) in [6.45, 7) is 4.19. The number of aliphatic imine (C=N–C) groups is 1. The molecule has 0 amide bonds. The molecular formula is C14H20N2. The quantitative estimate of drug-likeness (QED) is 0.596. The zero-order valence-electron chi connectivity index (χ0n) is 10.2. The Labute approximate surface area is 97.6 Å². The molecule has 1 saturated carbocycles. The van der Waals surface area contributed by atoms with Crippen molar-refractivity contribution in [1.82, 2.24) is 0 Å². The van der Waals surface area contributed by atoms with Crippen LogP contribution in [-0.2, 0) is 0 Å². The molecule has 0 spiro atoms. The monoisotopic (exact) mass is 216 g/mol. The number of rotatable bonds is 2. The zero-order chi connectivity index (χ0) is 11.5. The van der Waals surface area contributed by atoms with Crippen molar-refractivity contribution in [3.63, 3.8) is 0 Å². The molecule has 1 aromatic carbocycles. The van der Waals surface area contributed by atoms with E-state index >= 15 is 0 Å². The summed E-state index contributed by atoms with van der Waals surface area (Å²) in [5.74, 6) is 1.34. The van der Waals surface area contributed by atoms with Gasteiger partial charge in [0.2, 0.25) is 0 Å². The molecule has 1 aromatic rings. The third kappa shape index (κ3) is 2.43. The molecule has 1 aliphatic carbocycles. The van der Waals surface area contributed by atoms with Gasteiger partial charge in [-0.2, -0.15) is 0 Å². The molecule has 2 nitrogen and oxygen atoms in total. The molecule has 2 heteroatoms. The molecule has 0 aliphatic heterocycles. The van der Waals surface area contributed by atoms with Crippen LogP contribution >= 0.6 is 0 Å². The Balaban J connectivity index is 2.20. The van der Waals surface area contributed by atoms with Gasteiger partial charge in [0, 0.05) is 5.92 Å². The average Bonchev–Trinajstić information content (AvgIpc) is 2.75. The predicted molar refractivity (Wildman–Crippen MR) is 69.2 cm³/mol. The van der Waals surface area contributed by atoms with Gasteiger partial charge in [0.25, 0.3) is 0 Å². The summed E-state index contributed by atoms with van der Waals surface area (Å²) >= 11 is 0. The van der Waals surface area contributed by atoms with Gasteiger partial charge in [-0.1, -0.05) is 30.5 Å². The molecule has 0 atom stereocenters. The van der Waals surface area contributed by atoms with Gasteiger partial charge in [-0.3, -0.25) is 0 Å². The third-order valence-electron chi connectivity index (χ3n) is 3.38. The second kappa shape index (κ2) is 4.69. The van der Waals surface area contributed by atoms with Crippen molar-refractivity contribution in [1.29, 1.82) is 0 Å². The van der Waals surface area contributed by atoms with Crippen LogP contribution < -0.4 is 5.73 Å². The molecule has 0 bridgehead atoms. The summed E-state index contributed by atoms with van der Waals surface area (Å²) in [4.78, 5) is 4.58. The number of aryl methyl sites for hydroxylation is 2. The zero-order valence-corrected chi connectivity index (χ0v) is 10.2. The predicted octanol–water partition coefficient (Wildman–Crippen LogP) is 3.48. The molecule has 2 rings (SSSR count). The Morgan fingerprint density at radius 1 is 1.25 bits per heavy atom. The van der Waals surface area contributed by atoms with Gasteiger partial charge >= 0.3 is 0 Å². The van der Waals surface area contributed by atoms with Crippen LogP contribution in [0.25, 0.3) is 0 Å². The normalized spacial score (nSPS) is 18.0. The Morgan fingerprint density at radius 3 is 2.56 bits per heavy atom. The highest BCUT2D eigenvalue weighted by atomic mass is 14.9. The van der Waals surface area contributed by atoms with Crippen molar-refractivity contribution in [2.45, 2.75) is 39.5 Å².